The van der Waals surface area contributed by atoms with Crippen molar-refractivity contribution in [2.45, 2.75) is 24.0 Å². The van der Waals surface area contributed by atoms with Gasteiger partial charge in [-0.2, -0.15) is 8.78 Å². The summed E-state index contributed by atoms with van der Waals surface area (Å²) in [4.78, 5) is 25.3. The fraction of sp³-hybridized carbons (Fsp3) is 0.429. The lowest BCUT2D eigenvalue weighted by atomic mass is 9.90. The standard InChI is InChI=1S/C14H15F2NO3S/c1-14(12(19)20)6-7-17(8-14)11(18)9-2-4-10(5-3-9)21-13(15)16/h2-5,13H,6-8H2,1H3,(H,19,20). The normalized spacial score (nSPS) is 21.8. The Morgan fingerprint density at radius 3 is 2.43 bits per heavy atom. The number of carboxylic acids is 1. The molecule has 1 N–H and O–H groups in total. The maximum absolute atomic E-state index is 12.3. The highest BCUT2D eigenvalue weighted by atomic mass is 32.2. The second-order valence-electron chi connectivity index (χ2n) is 5.25. The molecule has 1 amide bonds. The second-order valence-corrected chi connectivity index (χ2v) is 6.31. The number of thioether (sulfide) groups is 1. The van der Waals surface area contributed by atoms with Crippen LogP contribution in [0.5, 0.6) is 0 Å². The first-order chi connectivity index (χ1) is 9.82. The van der Waals surface area contributed by atoms with Gasteiger partial charge in [0.15, 0.2) is 0 Å². The van der Waals surface area contributed by atoms with Crippen LogP contribution in [0.1, 0.15) is 23.7 Å². The number of alkyl halides is 2. The molecular weight excluding hydrogens is 300 g/mol. The third kappa shape index (κ3) is 3.53. The largest absolute Gasteiger partial charge is 0.481 e. The lowest BCUT2D eigenvalue weighted by molar-refractivity contribution is -0.147. The quantitative estimate of drug-likeness (QED) is 0.868. The molecular formula is C14H15F2NO3S. The van der Waals surface area contributed by atoms with Crippen molar-refractivity contribution in [2.75, 3.05) is 13.1 Å². The van der Waals surface area contributed by atoms with Crippen molar-refractivity contribution < 1.29 is 23.5 Å². The predicted molar refractivity (Wildman–Crippen MR) is 74.6 cm³/mol. The molecule has 1 heterocycles. The van der Waals surface area contributed by atoms with E-state index in [0.717, 1.165) is 0 Å². The minimum Gasteiger partial charge on any atom is -0.481 e. The third-order valence-corrected chi connectivity index (χ3v) is 4.33. The summed E-state index contributed by atoms with van der Waals surface area (Å²) >= 11 is 0.419. The molecule has 1 aliphatic heterocycles. The van der Waals surface area contributed by atoms with Crippen LogP contribution in [0.15, 0.2) is 29.2 Å². The van der Waals surface area contributed by atoms with E-state index in [-0.39, 0.29) is 12.5 Å². The molecule has 0 spiro atoms. The molecule has 114 valence electrons. The van der Waals surface area contributed by atoms with Crippen molar-refractivity contribution >= 4 is 23.6 Å². The van der Waals surface area contributed by atoms with Crippen LogP contribution in [0.2, 0.25) is 0 Å². The number of carboxylic acid groups (broad SMARTS) is 1. The molecule has 0 aromatic heterocycles. The number of carbonyl (C=O) groups is 2. The number of hydrogen-bond acceptors (Lipinski definition) is 3. The van der Waals surface area contributed by atoms with Gasteiger partial charge in [0.1, 0.15) is 0 Å². The Hall–Kier alpha value is -1.63. The monoisotopic (exact) mass is 315 g/mol. The molecule has 0 radical (unpaired) electrons. The number of nitrogens with zero attached hydrogens (tertiary/aromatic N) is 1. The molecule has 1 aromatic rings. The van der Waals surface area contributed by atoms with Gasteiger partial charge in [0.2, 0.25) is 0 Å². The summed E-state index contributed by atoms with van der Waals surface area (Å²) in [6.07, 6.45) is 0.410. The molecule has 1 saturated heterocycles. The smallest absolute Gasteiger partial charge is 0.311 e. The lowest BCUT2D eigenvalue weighted by Crippen LogP contribution is -2.34. The summed E-state index contributed by atoms with van der Waals surface area (Å²) in [6, 6.07) is 5.92. The molecule has 1 aromatic carbocycles. The summed E-state index contributed by atoms with van der Waals surface area (Å²) in [5, 5.41) is 9.15. The van der Waals surface area contributed by atoms with E-state index < -0.39 is 17.1 Å². The van der Waals surface area contributed by atoms with Crippen LogP contribution in [0.25, 0.3) is 0 Å². The van der Waals surface area contributed by atoms with Crippen molar-refractivity contribution in [3.05, 3.63) is 29.8 Å². The van der Waals surface area contributed by atoms with Gasteiger partial charge >= 0.3 is 5.97 Å². The number of rotatable bonds is 4. The van der Waals surface area contributed by atoms with Crippen LogP contribution < -0.4 is 0 Å². The van der Waals surface area contributed by atoms with Gasteiger partial charge in [0.25, 0.3) is 11.7 Å². The average Bonchev–Trinajstić information content (AvgIpc) is 2.82. The van der Waals surface area contributed by atoms with E-state index in [9.17, 15) is 18.4 Å². The first-order valence-electron chi connectivity index (χ1n) is 6.39. The van der Waals surface area contributed by atoms with E-state index in [1.807, 2.05) is 0 Å². The van der Waals surface area contributed by atoms with Crippen molar-refractivity contribution in [2.24, 2.45) is 5.41 Å². The third-order valence-electron chi connectivity index (χ3n) is 3.60. The highest BCUT2D eigenvalue weighted by Gasteiger charge is 2.42. The summed E-state index contributed by atoms with van der Waals surface area (Å²) in [5.41, 5.74) is -0.538. The number of aliphatic carboxylic acids is 1. The zero-order chi connectivity index (χ0) is 15.6. The number of likely N-dealkylation sites (tertiary alicyclic amines) is 1. The molecule has 0 bridgehead atoms. The van der Waals surface area contributed by atoms with Crippen LogP contribution in [-0.4, -0.2) is 40.7 Å². The minimum atomic E-state index is -2.50. The van der Waals surface area contributed by atoms with Crippen molar-refractivity contribution in [3.63, 3.8) is 0 Å². The van der Waals surface area contributed by atoms with E-state index in [1.165, 1.54) is 29.2 Å². The predicted octanol–water partition coefficient (Wildman–Crippen LogP) is 2.94. The molecule has 0 aliphatic carbocycles. The van der Waals surface area contributed by atoms with Crippen LogP contribution in [0.4, 0.5) is 8.78 Å². The molecule has 0 saturated carbocycles. The van der Waals surface area contributed by atoms with Gasteiger partial charge in [-0.3, -0.25) is 9.59 Å². The maximum atomic E-state index is 12.3. The Kier molecular flexibility index (Phi) is 4.51. The lowest BCUT2D eigenvalue weighted by Gasteiger charge is -2.20. The molecule has 1 atom stereocenters. The van der Waals surface area contributed by atoms with E-state index in [4.69, 9.17) is 5.11 Å². The molecule has 7 heteroatoms. The number of halogens is 2. The fourth-order valence-electron chi connectivity index (χ4n) is 2.27. The Balaban J connectivity index is 2.06. The van der Waals surface area contributed by atoms with Crippen LogP contribution in [-0.2, 0) is 4.79 Å². The van der Waals surface area contributed by atoms with Gasteiger partial charge in [-0.05, 0) is 37.6 Å². The molecule has 1 fully saturated rings. The number of benzene rings is 1. The first kappa shape index (κ1) is 15.8. The van der Waals surface area contributed by atoms with Gasteiger partial charge in [0, 0.05) is 23.5 Å². The number of hydrogen-bond donors (Lipinski definition) is 1. The van der Waals surface area contributed by atoms with Gasteiger partial charge in [-0.1, -0.05) is 11.8 Å². The Morgan fingerprint density at radius 1 is 1.33 bits per heavy atom. The van der Waals surface area contributed by atoms with Crippen molar-refractivity contribution in [1.29, 1.82) is 0 Å². The highest BCUT2D eigenvalue weighted by Crippen LogP contribution is 2.31. The average molecular weight is 315 g/mol. The summed E-state index contributed by atoms with van der Waals surface area (Å²) in [7, 11) is 0. The maximum Gasteiger partial charge on any atom is 0.311 e. The van der Waals surface area contributed by atoms with E-state index >= 15 is 0 Å². The fourth-order valence-corrected chi connectivity index (χ4v) is 2.77. The van der Waals surface area contributed by atoms with Crippen molar-refractivity contribution in [1.82, 2.24) is 4.90 Å². The van der Waals surface area contributed by atoms with Crippen LogP contribution in [0, 0.1) is 5.41 Å². The Labute approximate surface area is 125 Å². The summed E-state index contributed by atoms with van der Waals surface area (Å²) in [6.45, 7) is 2.16. The van der Waals surface area contributed by atoms with E-state index in [0.29, 0.717) is 35.2 Å². The van der Waals surface area contributed by atoms with E-state index in [2.05, 4.69) is 0 Å². The minimum absolute atomic E-state index is 0.161. The SMILES string of the molecule is CC1(C(=O)O)CCN(C(=O)c2ccc(SC(F)F)cc2)C1. The van der Waals surface area contributed by atoms with Gasteiger partial charge in [-0.15, -0.1) is 0 Å². The van der Waals surface area contributed by atoms with E-state index in [1.54, 1.807) is 6.92 Å². The van der Waals surface area contributed by atoms with Gasteiger partial charge < -0.3 is 10.0 Å². The number of amides is 1. The molecule has 21 heavy (non-hydrogen) atoms. The van der Waals surface area contributed by atoms with Crippen LogP contribution in [0.3, 0.4) is 0 Å². The molecule has 1 unspecified atom stereocenters. The van der Waals surface area contributed by atoms with Crippen molar-refractivity contribution in [3.8, 4) is 0 Å². The first-order valence-corrected chi connectivity index (χ1v) is 7.27. The second kappa shape index (κ2) is 6.01. The highest BCUT2D eigenvalue weighted by molar-refractivity contribution is 7.99. The van der Waals surface area contributed by atoms with Gasteiger partial charge in [0.05, 0.1) is 5.41 Å². The molecule has 1 aliphatic rings. The number of carbonyl (C=O) groups excluding carboxylic acids is 1. The Morgan fingerprint density at radius 2 is 1.95 bits per heavy atom. The van der Waals surface area contributed by atoms with Gasteiger partial charge in [-0.25, -0.2) is 0 Å². The topological polar surface area (TPSA) is 57.6 Å². The van der Waals surface area contributed by atoms with Crippen LogP contribution >= 0.6 is 11.8 Å². The zero-order valence-corrected chi connectivity index (χ0v) is 12.2. The zero-order valence-electron chi connectivity index (χ0n) is 11.4. The molecule has 2 rings (SSSR count). The summed E-state index contributed by atoms with van der Waals surface area (Å²) < 4.78 is 24.4. The molecule has 4 nitrogen and oxygen atoms in total. The Bertz CT molecular complexity index is 550. The summed E-state index contributed by atoms with van der Waals surface area (Å²) in [5.74, 6) is -3.68.